The molecule has 1 rings (SSSR count). The molecule has 1 heterocycles. The topological polar surface area (TPSA) is 84.2 Å². The Hall–Kier alpha value is -0.920. The zero-order valence-corrected chi connectivity index (χ0v) is 14.9. The second-order valence-electron chi connectivity index (χ2n) is 5.09. The van der Waals surface area contributed by atoms with Crippen LogP contribution in [0.3, 0.4) is 0 Å². The smallest absolute Gasteiger partial charge is 0.262 e. The number of hydrogen-bond acceptors (Lipinski definition) is 4. The number of nitrogens with one attached hydrogen (secondary N) is 2. The molecule has 21 heavy (non-hydrogen) atoms. The zero-order chi connectivity index (χ0) is 16.0. The minimum atomic E-state index is -0.601. The average molecular weight is 376 g/mol. The molecule has 0 spiro atoms. The largest absolute Gasteiger partial charge is 0.352 e. The molecule has 1 aromatic rings. The van der Waals surface area contributed by atoms with E-state index in [2.05, 4.69) is 26.6 Å². The third kappa shape index (κ3) is 5.41. The van der Waals surface area contributed by atoms with Crippen molar-refractivity contribution in [2.75, 3.05) is 6.54 Å². The summed E-state index contributed by atoms with van der Waals surface area (Å²) in [4.78, 5) is 24.5. The molecule has 1 unspecified atom stereocenters. The Bertz CT molecular complexity index is 500. The Morgan fingerprint density at radius 2 is 2.00 bits per heavy atom. The lowest BCUT2D eigenvalue weighted by molar-refractivity contribution is -0.122. The van der Waals surface area contributed by atoms with Gasteiger partial charge in [0.15, 0.2) is 0 Å². The summed E-state index contributed by atoms with van der Waals surface area (Å²) >= 11 is 4.63. The van der Waals surface area contributed by atoms with E-state index in [-0.39, 0.29) is 11.8 Å². The second-order valence-corrected chi connectivity index (χ2v) is 7.55. The second kappa shape index (κ2) is 7.91. The van der Waals surface area contributed by atoms with Gasteiger partial charge in [-0.3, -0.25) is 9.59 Å². The van der Waals surface area contributed by atoms with Crippen LogP contribution in [0.1, 0.15) is 43.3 Å². The van der Waals surface area contributed by atoms with Gasteiger partial charge in [-0.05, 0) is 47.8 Å². The summed E-state index contributed by atoms with van der Waals surface area (Å²) in [5, 5.41) is 5.48. The predicted molar refractivity (Wildman–Crippen MR) is 89.5 cm³/mol. The number of carbonyl (C=O) groups excluding carboxylic acids is 2. The molecule has 4 N–H and O–H groups in total. The van der Waals surface area contributed by atoms with Gasteiger partial charge in [0, 0.05) is 12.1 Å². The molecule has 118 valence electrons. The van der Waals surface area contributed by atoms with Crippen LogP contribution in [0.15, 0.2) is 15.9 Å². The van der Waals surface area contributed by atoms with Crippen LogP contribution >= 0.6 is 27.3 Å². The molecule has 0 saturated carbocycles. The van der Waals surface area contributed by atoms with Gasteiger partial charge < -0.3 is 16.4 Å². The first-order valence-corrected chi connectivity index (χ1v) is 8.55. The van der Waals surface area contributed by atoms with Crippen molar-refractivity contribution >= 4 is 39.1 Å². The molecule has 0 aliphatic carbocycles. The highest BCUT2D eigenvalue weighted by Gasteiger charge is 2.23. The maximum absolute atomic E-state index is 12.0. The molecule has 0 aliphatic heterocycles. The minimum absolute atomic E-state index is 0.226. The van der Waals surface area contributed by atoms with Crippen LogP contribution < -0.4 is 16.4 Å². The van der Waals surface area contributed by atoms with E-state index in [4.69, 9.17) is 5.73 Å². The van der Waals surface area contributed by atoms with Crippen molar-refractivity contribution in [1.29, 1.82) is 0 Å². The number of halogens is 1. The predicted octanol–water partition coefficient (Wildman–Crippen LogP) is 2.26. The fourth-order valence-electron chi connectivity index (χ4n) is 1.69. The van der Waals surface area contributed by atoms with Crippen LogP contribution in [-0.4, -0.2) is 29.9 Å². The van der Waals surface area contributed by atoms with E-state index < -0.39 is 11.6 Å². The number of nitrogens with two attached hydrogens (primary N) is 1. The molecule has 0 saturated heterocycles. The highest BCUT2D eigenvalue weighted by atomic mass is 79.9. The van der Waals surface area contributed by atoms with Gasteiger partial charge in [-0.2, -0.15) is 0 Å². The van der Waals surface area contributed by atoms with Gasteiger partial charge in [0.1, 0.15) is 6.04 Å². The van der Waals surface area contributed by atoms with Crippen LogP contribution in [0.2, 0.25) is 0 Å². The Labute approximate surface area is 137 Å². The van der Waals surface area contributed by atoms with Gasteiger partial charge in [-0.25, -0.2) is 0 Å². The maximum Gasteiger partial charge on any atom is 0.262 e. The summed E-state index contributed by atoms with van der Waals surface area (Å²) in [6.07, 6.45) is 1.57. The van der Waals surface area contributed by atoms with Crippen molar-refractivity contribution in [2.24, 2.45) is 5.73 Å². The zero-order valence-electron chi connectivity index (χ0n) is 12.5. The fourth-order valence-corrected chi connectivity index (χ4v) is 2.98. The van der Waals surface area contributed by atoms with E-state index in [0.717, 1.165) is 16.6 Å². The lowest BCUT2D eigenvalue weighted by Crippen LogP contribution is -2.53. The van der Waals surface area contributed by atoms with E-state index in [9.17, 15) is 9.59 Å². The molecule has 0 bridgehead atoms. The first-order valence-electron chi connectivity index (χ1n) is 6.94. The molecular weight excluding hydrogens is 354 g/mol. The first-order chi connectivity index (χ1) is 9.81. The van der Waals surface area contributed by atoms with Crippen molar-refractivity contribution in [3.05, 3.63) is 20.8 Å². The third-order valence-electron chi connectivity index (χ3n) is 3.56. The van der Waals surface area contributed by atoms with Gasteiger partial charge in [-0.1, -0.05) is 13.8 Å². The maximum atomic E-state index is 12.0. The average Bonchev–Trinajstić information content (AvgIpc) is 2.91. The molecular formula is C14H22BrN3O2S. The van der Waals surface area contributed by atoms with Crippen molar-refractivity contribution in [2.45, 2.75) is 45.2 Å². The molecule has 0 aromatic carbocycles. The van der Waals surface area contributed by atoms with Crippen LogP contribution in [0.25, 0.3) is 0 Å². The van der Waals surface area contributed by atoms with Crippen molar-refractivity contribution in [1.82, 2.24) is 10.6 Å². The monoisotopic (exact) mass is 375 g/mol. The van der Waals surface area contributed by atoms with E-state index in [0.29, 0.717) is 11.4 Å². The van der Waals surface area contributed by atoms with Gasteiger partial charge in [-0.15, -0.1) is 11.3 Å². The number of amides is 2. The Morgan fingerprint density at radius 3 is 2.48 bits per heavy atom. The molecule has 0 radical (unpaired) electrons. The van der Waals surface area contributed by atoms with E-state index in [1.165, 1.54) is 11.3 Å². The molecule has 1 aromatic heterocycles. The molecule has 7 heteroatoms. The minimum Gasteiger partial charge on any atom is -0.352 e. The Balaban J connectivity index is 2.49. The molecule has 2 amide bonds. The number of thiophene rings is 1. The van der Waals surface area contributed by atoms with E-state index in [1.54, 1.807) is 19.1 Å². The molecule has 5 nitrogen and oxygen atoms in total. The van der Waals surface area contributed by atoms with E-state index >= 15 is 0 Å². The van der Waals surface area contributed by atoms with Crippen LogP contribution in [0, 0.1) is 0 Å². The number of rotatable bonds is 7. The summed E-state index contributed by atoms with van der Waals surface area (Å²) < 4.78 is 0.878. The molecule has 0 aliphatic rings. The SMILES string of the molecule is CCC(N)(CC)CNC(=O)C(C)NC(=O)c1ccc(Br)s1. The van der Waals surface area contributed by atoms with Crippen molar-refractivity contribution < 1.29 is 9.59 Å². The quantitative estimate of drug-likeness (QED) is 0.683. The van der Waals surface area contributed by atoms with Crippen molar-refractivity contribution in [3.8, 4) is 0 Å². The summed E-state index contributed by atoms with van der Waals surface area (Å²) in [7, 11) is 0. The number of hydrogen-bond donors (Lipinski definition) is 3. The highest BCUT2D eigenvalue weighted by Crippen LogP contribution is 2.21. The highest BCUT2D eigenvalue weighted by molar-refractivity contribution is 9.11. The fraction of sp³-hybridized carbons (Fsp3) is 0.571. The van der Waals surface area contributed by atoms with Gasteiger partial charge in [0.2, 0.25) is 5.91 Å². The third-order valence-corrected chi connectivity index (χ3v) is 5.18. The summed E-state index contributed by atoms with van der Waals surface area (Å²) in [6.45, 7) is 6.06. The normalized spacial score (nSPS) is 12.8. The summed E-state index contributed by atoms with van der Waals surface area (Å²) in [6, 6.07) is 2.92. The number of carbonyl (C=O) groups is 2. The first kappa shape index (κ1) is 18.1. The van der Waals surface area contributed by atoms with Crippen LogP contribution in [-0.2, 0) is 4.79 Å². The van der Waals surface area contributed by atoms with Crippen molar-refractivity contribution in [3.63, 3.8) is 0 Å². The summed E-state index contributed by atoms with van der Waals surface area (Å²) in [5.41, 5.74) is 5.74. The molecule has 1 atom stereocenters. The Morgan fingerprint density at radius 1 is 1.38 bits per heavy atom. The van der Waals surface area contributed by atoms with Gasteiger partial charge >= 0.3 is 0 Å². The van der Waals surface area contributed by atoms with Gasteiger partial charge in [0.05, 0.1) is 8.66 Å². The molecule has 0 fully saturated rings. The lowest BCUT2D eigenvalue weighted by atomic mass is 9.94. The van der Waals surface area contributed by atoms with Crippen LogP contribution in [0.5, 0.6) is 0 Å². The standard InChI is InChI=1S/C14H22BrN3O2S/c1-4-14(16,5-2)8-17-12(19)9(3)18-13(20)10-6-7-11(15)21-10/h6-7,9H,4-5,8,16H2,1-3H3,(H,17,19)(H,18,20). The summed E-state index contributed by atoms with van der Waals surface area (Å²) in [5.74, 6) is -0.478. The lowest BCUT2D eigenvalue weighted by Gasteiger charge is -2.27. The van der Waals surface area contributed by atoms with E-state index in [1.807, 2.05) is 13.8 Å². The van der Waals surface area contributed by atoms with Gasteiger partial charge in [0.25, 0.3) is 5.91 Å². The van der Waals surface area contributed by atoms with Crippen LogP contribution in [0.4, 0.5) is 0 Å². The Kier molecular flexibility index (Phi) is 6.83.